The molecular formula is C21H28IN3O. The van der Waals surface area contributed by atoms with Crippen molar-refractivity contribution in [2.24, 2.45) is 4.99 Å². The second kappa shape index (κ2) is 10.5. The monoisotopic (exact) mass is 465 g/mol. The summed E-state index contributed by atoms with van der Waals surface area (Å²) < 4.78 is 0. The van der Waals surface area contributed by atoms with Crippen LogP contribution in [0.2, 0.25) is 0 Å². The number of benzene rings is 2. The van der Waals surface area contributed by atoms with Crippen LogP contribution in [0.5, 0.6) is 0 Å². The van der Waals surface area contributed by atoms with E-state index in [1.807, 2.05) is 30.3 Å². The van der Waals surface area contributed by atoms with Gasteiger partial charge in [0.25, 0.3) is 0 Å². The molecule has 2 aromatic rings. The Morgan fingerprint density at radius 3 is 2.54 bits per heavy atom. The highest BCUT2D eigenvalue weighted by molar-refractivity contribution is 14.0. The Kier molecular flexibility index (Phi) is 8.38. The van der Waals surface area contributed by atoms with Gasteiger partial charge in [-0.3, -0.25) is 4.99 Å². The number of rotatable bonds is 5. The maximum atomic E-state index is 10.3. The molecule has 0 spiro atoms. The fourth-order valence-corrected chi connectivity index (χ4v) is 3.24. The molecule has 1 heterocycles. The van der Waals surface area contributed by atoms with Gasteiger partial charge in [-0.1, -0.05) is 54.6 Å². The number of fused-ring (bicyclic) bond motifs is 1. The predicted octanol–water partition coefficient (Wildman–Crippen LogP) is 3.23. The highest BCUT2D eigenvalue weighted by atomic mass is 127. The van der Waals surface area contributed by atoms with Gasteiger partial charge in [-0.2, -0.15) is 0 Å². The molecule has 5 heteroatoms. The third-order valence-electron chi connectivity index (χ3n) is 4.53. The number of nitrogens with one attached hydrogen (secondary N) is 1. The van der Waals surface area contributed by atoms with E-state index in [1.165, 1.54) is 11.1 Å². The quantitative estimate of drug-likeness (QED) is 0.405. The molecule has 0 aliphatic carbocycles. The van der Waals surface area contributed by atoms with E-state index in [0.29, 0.717) is 13.0 Å². The van der Waals surface area contributed by atoms with Crippen LogP contribution in [-0.2, 0) is 19.4 Å². The number of hydrogen-bond acceptors (Lipinski definition) is 2. The minimum absolute atomic E-state index is 0. The van der Waals surface area contributed by atoms with E-state index in [-0.39, 0.29) is 24.0 Å². The first-order valence-corrected chi connectivity index (χ1v) is 9.08. The lowest BCUT2D eigenvalue weighted by atomic mass is 10.0. The number of aliphatic imine (C=N–C) groups is 1. The van der Waals surface area contributed by atoms with E-state index >= 15 is 0 Å². The second-order valence-electron chi connectivity index (χ2n) is 6.48. The van der Waals surface area contributed by atoms with Crippen LogP contribution in [0.25, 0.3) is 0 Å². The molecule has 0 radical (unpaired) electrons. The summed E-state index contributed by atoms with van der Waals surface area (Å²) in [6, 6.07) is 18.7. The van der Waals surface area contributed by atoms with Gasteiger partial charge < -0.3 is 15.3 Å². The number of nitrogens with zero attached hydrogens (tertiary/aromatic N) is 2. The van der Waals surface area contributed by atoms with Crippen LogP contribution in [-0.4, -0.2) is 41.7 Å². The van der Waals surface area contributed by atoms with Crippen molar-refractivity contribution in [1.29, 1.82) is 0 Å². The van der Waals surface area contributed by atoms with Crippen LogP contribution in [0.1, 0.15) is 23.6 Å². The minimum atomic E-state index is -0.465. The Labute approximate surface area is 173 Å². The Bertz CT molecular complexity index is 705. The van der Waals surface area contributed by atoms with Gasteiger partial charge in [-0.05, 0) is 30.0 Å². The van der Waals surface area contributed by atoms with Crippen molar-refractivity contribution in [2.45, 2.75) is 32.4 Å². The van der Waals surface area contributed by atoms with E-state index in [9.17, 15) is 5.11 Å². The van der Waals surface area contributed by atoms with E-state index in [1.54, 1.807) is 0 Å². The zero-order chi connectivity index (χ0) is 17.5. The molecule has 2 N–H and O–H groups in total. The van der Waals surface area contributed by atoms with Crippen LogP contribution in [0, 0.1) is 0 Å². The predicted molar refractivity (Wildman–Crippen MR) is 118 cm³/mol. The van der Waals surface area contributed by atoms with Gasteiger partial charge in [0.1, 0.15) is 0 Å². The van der Waals surface area contributed by atoms with E-state index in [2.05, 4.69) is 46.4 Å². The van der Waals surface area contributed by atoms with E-state index in [4.69, 9.17) is 0 Å². The molecule has 1 aliphatic heterocycles. The molecule has 0 fully saturated rings. The molecule has 1 aliphatic rings. The van der Waals surface area contributed by atoms with Crippen molar-refractivity contribution >= 4 is 29.9 Å². The Morgan fingerprint density at radius 2 is 1.81 bits per heavy atom. The summed E-state index contributed by atoms with van der Waals surface area (Å²) >= 11 is 0. The molecular weight excluding hydrogens is 437 g/mol. The van der Waals surface area contributed by atoms with Gasteiger partial charge in [0.05, 0.1) is 12.6 Å². The molecule has 4 nitrogen and oxygen atoms in total. The van der Waals surface area contributed by atoms with Gasteiger partial charge in [-0.25, -0.2) is 0 Å². The Hall–Kier alpha value is -1.60. The van der Waals surface area contributed by atoms with E-state index in [0.717, 1.165) is 37.6 Å². The van der Waals surface area contributed by atoms with Gasteiger partial charge in [0.2, 0.25) is 0 Å². The molecule has 140 valence electrons. The molecule has 0 saturated carbocycles. The average Bonchev–Trinajstić information content (AvgIpc) is 2.65. The molecule has 0 aromatic heterocycles. The summed E-state index contributed by atoms with van der Waals surface area (Å²) in [7, 11) is 0. The van der Waals surface area contributed by atoms with Crippen molar-refractivity contribution in [3.8, 4) is 0 Å². The van der Waals surface area contributed by atoms with Crippen molar-refractivity contribution in [2.75, 3.05) is 19.6 Å². The maximum absolute atomic E-state index is 10.3. The normalized spacial score (nSPS) is 15.0. The molecule has 1 unspecified atom stereocenters. The Balaban J connectivity index is 0.00000243. The zero-order valence-corrected chi connectivity index (χ0v) is 17.6. The molecule has 26 heavy (non-hydrogen) atoms. The topological polar surface area (TPSA) is 47.9 Å². The first-order chi connectivity index (χ1) is 12.3. The highest BCUT2D eigenvalue weighted by Crippen LogP contribution is 2.18. The van der Waals surface area contributed by atoms with Crippen LogP contribution in [0.3, 0.4) is 0 Å². The fourth-order valence-electron chi connectivity index (χ4n) is 3.24. The molecule has 0 bridgehead atoms. The van der Waals surface area contributed by atoms with Crippen molar-refractivity contribution in [1.82, 2.24) is 10.2 Å². The summed E-state index contributed by atoms with van der Waals surface area (Å²) in [5.41, 5.74) is 3.94. The first-order valence-electron chi connectivity index (χ1n) is 9.08. The minimum Gasteiger partial charge on any atom is -0.391 e. The van der Waals surface area contributed by atoms with Gasteiger partial charge in [0.15, 0.2) is 5.96 Å². The average molecular weight is 465 g/mol. The van der Waals surface area contributed by atoms with Crippen molar-refractivity contribution in [3.05, 3.63) is 71.3 Å². The van der Waals surface area contributed by atoms with Crippen LogP contribution in [0.4, 0.5) is 0 Å². The molecule has 1 atom stereocenters. The lowest BCUT2D eigenvalue weighted by molar-refractivity contribution is 0.183. The third-order valence-corrected chi connectivity index (χ3v) is 4.53. The van der Waals surface area contributed by atoms with Crippen LogP contribution in [0.15, 0.2) is 59.6 Å². The SMILES string of the molecule is CCNC(=NCC(O)Cc1ccccc1)N1CCc2ccccc2C1.I. The summed E-state index contributed by atoms with van der Waals surface area (Å²) in [5, 5.41) is 13.7. The number of hydrogen-bond donors (Lipinski definition) is 2. The first kappa shape index (κ1) is 20.7. The van der Waals surface area contributed by atoms with Crippen molar-refractivity contribution < 1.29 is 5.11 Å². The summed E-state index contributed by atoms with van der Waals surface area (Å²) in [6.45, 7) is 5.14. The number of aliphatic hydroxyl groups excluding tert-OH is 1. The second-order valence-corrected chi connectivity index (χ2v) is 6.48. The molecule has 0 saturated heterocycles. The van der Waals surface area contributed by atoms with Crippen LogP contribution < -0.4 is 5.32 Å². The molecule has 2 aromatic carbocycles. The smallest absolute Gasteiger partial charge is 0.194 e. The Morgan fingerprint density at radius 1 is 1.12 bits per heavy atom. The maximum Gasteiger partial charge on any atom is 0.194 e. The number of guanidine groups is 1. The lowest BCUT2D eigenvalue weighted by Gasteiger charge is -2.31. The molecule has 3 rings (SSSR count). The molecule has 0 amide bonds. The zero-order valence-electron chi connectivity index (χ0n) is 15.3. The van der Waals surface area contributed by atoms with E-state index < -0.39 is 6.10 Å². The largest absolute Gasteiger partial charge is 0.391 e. The van der Waals surface area contributed by atoms with Crippen molar-refractivity contribution in [3.63, 3.8) is 0 Å². The third kappa shape index (κ3) is 5.71. The highest BCUT2D eigenvalue weighted by Gasteiger charge is 2.18. The number of halogens is 1. The summed E-state index contributed by atoms with van der Waals surface area (Å²) in [4.78, 5) is 6.97. The summed E-state index contributed by atoms with van der Waals surface area (Å²) in [5.74, 6) is 0.893. The number of aliphatic hydroxyl groups is 1. The van der Waals surface area contributed by atoms with Gasteiger partial charge >= 0.3 is 0 Å². The summed E-state index contributed by atoms with van der Waals surface area (Å²) in [6.07, 6.45) is 1.20. The van der Waals surface area contributed by atoms with Gasteiger partial charge in [-0.15, -0.1) is 24.0 Å². The van der Waals surface area contributed by atoms with Gasteiger partial charge in [0, 0.05) is 26.1 Å². The van der Waals surface area contributed by atoms with Crippen LogP contribution >= 0.6 is 24.0 Å². The fraction of sp³-hybridized carbons (Fsp3) is 0.381. The lowest BCUT2D eigenvalue weighted by Crippen LogP contribution is -2.44. The standard InChI is InChI=1S/C21H27N3O.HI/c1-2-22-21(23-15-20(25)14-17-8-4-3-5-9-17)24-13-12-18-10-6-7-11-19(18)16-24;/h3-11,20,25H,2,12-16H2,1H3,(H,22,23);1H.